The van der Waals surface area contributed by atoms with Crippen LogP contribution in [0.5, 0.6) is 5.75 Å². The predicted molar refractivity (Wildman–Crippen MR) is 99.9 cm³/mol. The van der Waals surface area contributed by atoms with Crippen molar-refractivity contribution in [2.45, 2.75) is 32.4 Å². The largest absolute Gasteiger partial charge is 0.489 e. The third-order valence-corrected chi connectivity index (χ3v) is 4.28. The summed E-state index contributed by atoms with van der Waals surface area (Å²) in [6.07, 6.45) is 2.96. The first-order valence-corrected chi connectivity index (χ1v) is 8.92. The number of nitrogens with one attached hydrogen (secondary N) is 1. The molecule has 0 amide bonds. The standard InChI is InChI=1S/C19H23Cl2NO2/c20-17-9-8-16(18(21)12-17)14-24-19-7-3-2-6-15(19)13-22-10-4-1-5-11-23/h2-3,6-9,12,22-23H,1,4-5,10-11,13-14H2. The monoisotopic (exact) mass is 367 g/mol. The lowest BCUT2D eigenvalue weighted by atomic mass is 10.2. The number of rotatable bonds is 10. The van der Waals surface area contributed by atoms with Crippen LogP contribution in [0, 0.1) is 0 Å². The van der Waals surface area contributed by atoms with E-state index in [1.54, 1.807) is 6.07 Å². The van der Waals surface area contributed by atoms with Gasteiger partial charge in [-0.1, -0.05) is 47.5 Å². The highest BCUT2D eigenvalue weighted by Crippen LogP contribution is 2.24. The molecule has 2 aromatic carbocycles. The SMILES string of the molecule is OCCCCCNCc1ccccc1OCc1ccc(Cl)cc1Cl. The van der Waals surface area contributed by atoms with Gasteiger partial charge in [0.15, 0.2) is 0 Å². The summed E-state index contributed by atoms with van der Waals surface area (Å²) in [7, 11) is 0. The van der Waals surface area contributed by atoms with E-state index >= 15 is 0 Å². The molecular formula is C19H23Cl2NO2. The maximum Gasteiger partial charge on any atom is 0.124 e. The van der Waals surface area contributed by atoms with Gasteiger partial charge < -0.3 is 15.2 Å². The highest BCUT2D eigenvalue weighted by molar-refractivity contribution is 6.35. The summed E-state index contributed by atoms with van der Waals surface area (Å²) in [6.45, 7) is 2.36. The van der Waals surface area contributed by atoms with Crippen LogP contribution in [0.3, 0.4) is 0 Å². The molecule has 0 radical (unpaired) electrons. The number of ether oxygens (including phenoxy) is 1. The van der Waals surface area contributed by atoms with Crippen LogP contribution in [0.1, 0.15) is 30.4 Å². The van der Waals surface area contributed by atoms with Gasteiger partial charge in [0.2, 0.25) is 0 Å². The fourth-order valence-electron chi connectivity index (χ4n) is 2.35. The van der Waals surface area contributed by atoms with E-state index < -0.39 is 0 Å². The second-order valence-corrected chi connectivity index (χ2v) is 6.44. The molecule has 0 spiro atoms. The van der Waals surface area contributed by atoms with Crippen molar-refractivity contribution in [3.63, 3.8) is 0 Å². The van der Waals surface area contributed by atoms with Crippen LogP contribution in [0.2, 0.25) is 10.0 Å². The molecule has 0 aliphatic rings. The topological polar surface area (TPSA) is 41.5 Å². The highest BCUT2D eigenvalue weighted by atomic mass is 35.5. The third kappa shape index (κ3) is 6.33. The number of aliphatic hydroxyl groups is 1. The van der Waals surface area contributed by atoms with E-state index in [1.165, 1.54) is 0 Å². The maximum atomic E-state index is 8.77. The fourth-order valence-corrected chi connectivity index (χ4v) is 2.81. The fraction of sp³-hybridized carbons (Fsp3) is 0.368. The van der Waals surface area contributed by atoms with Crippen molar-refractivity contribution in [1.29, 1.82) is 0 Å². The third-order valence-electron chi connectivity index (χ3n) is 3.70. The Morgan fingerprint density at radius 1 is 0.958 bits per heavy atom. The second kappa shape index (κ2) is 10.6. The lowest BCUT2D eigenvalue weighted by Crippen LogP contribution is -2.15. The predicted octanol–water partition coefficient (Wildman–Crippen LogP) is 4.82. The Kier molecular flexibility index (Phi) is 8.40. The Morgan fingerprint density at radius 3 is 2.58 bits per heavy atom. The van der Waals surface area contributed by atoms with E-state index in [1.807, 2.05) is 30.3 Å². The van der Waals surface area contributed by atoms with Gasteiger partial charge in [0.25, 0.3) is 0 Å². The van der Waals surface area contributed by atoms with E-state index in [0.717, 1.165) is 49.2 Å². The smallest absolute Gasteiger partial charge is 0.124 e. The Hall–Kier alpha value is -1.26. The number of aliphatic hydroxyl groups excluding tert-OH is 1. The van der Waals surface area contributed by atoms with Gasteiger partial charge in [-0.3, -0.25) is 0 Å². The van der Waals surface area contributed by atoms with Gasteiger partial charge in [-0.15, -0.1) is 0 Å². The van der Waals surface area contributed by atoms with Crippen LogP contribution < -0.4 is 10.1 Å². The number of hydrogen-bond donors (Lipinski definition) is 2. The molecule has 2 N–H and O–H groups in total. The zero-order valence-electron chi connectivity index (χ0n) is 13.6. The van der Waals surface area contributed by atoms with Gasteiger partial charge in [0.05, 0.1) is 0 Å². The first-order valence-electron chi connectivity index (χ1n) is 8.17. The van der Waals surface area contributed by atoms with Crippen molar-refractivity contribution in [2.75, 3.05) is 13.2 Å². The van der Waals surface area contributed by atoms with Crippen LogP contribution in [0.15, 0.2) is 42.5 Å². The van der Waals surface area contributed by atoms with Gasteiger partial charge >= 0.3 is 0 Å². The summed E-state index contributed by atoms with van der Waals surface area (Å²) in [4.78, 5) is 0. The Bertz CT molecular complexity index is 635. The van der Waals surface area contributed by atoms with E-state index in [2.05, 4.69) is 11.4 Å². The number of halogens is 2. The van der Waals surface area contributed by atoms with E-state index in [4.69, 9.17) is 33.0 Å². The van der Waals surface area contributed by atoms with Crippen molar-refractivity contribution in [1.82, 2.24) is 5.32 Å². The summed E-state index contributed by atoms with van der Waals surface area (Å²) in [5, 5.41) is 13.4. The van der Waals surface area contributed by atoms with Crippen LogP contribution in [-0.4, -0.2) is 18.3 Å². The molecule has 2 aromatic rings. The lowest BCUT2D eigenvalue weighted by Gasteiger charge is -2.13. The van der Waals surface area contributed by atoms with Gasteiger partial charge in [0, 0.05) is 34.3 Å². The number of unbranched alkanes of at least 4 members (excludes halogenated alkanes) is 2. The van der Waals surface area contributed by atoms with Crippen LogP contribution in [0.25, 0.3) is 0 Å². The molecule has 0 atom stereocenters. The average molecular weight is 368 g/mol. The minimum absolute atomic E-state index is 0.268. The molecular weight excluding hydrogens is 345 g/mol. The van der Waals surface area contributed by atoms with Crippen LogP contribution >= 0.6 is 23.2 Å². The van der Waals surface area contributed by atoms with Gasteiger partial charge in [-0.25, -0.2) is 0 Å². The molecule has 2 rings (SSSR count). The van der Waals surface area contributed by atoms with Crippen molar-refractivity contribution >= 4 is 23.2 Å². The average Bonchev–Trinajstić information content (AvgIpc) is 2.58. The van der Waals surface area contributed by atoms with E-state index in [9.17, 15) is 0 Å². The number of benzene rings is 2. The van der Waals surface area contributed by atoms with E-state index in [-0.39, 0.29) is 6.61 Å². The normalized spacial score (nSPS) is 10.8. The number of para-hydroxylation sites is 1. The molecule has 3 nitrogen and oxygen atoms in total. The maximum absolute atomic E-state index is 8.77. The molecule has 0 aromatic heterocycles. The van der Waals surface area contributed by atoms with Crippen LogP contribution in [-0.2, 0) is 13.2 Å². The first-order chi connectivity index (χ1) is 11.7. The quantitative estimate of drug-likeness (QED) is 0.591. The first kappa shape index (κ1) is 19.1. The Balaban J connectivity index is 1.86. The highest BCUT2D eigenvalue weighted by Gasteiger charge is 2.06. The molecule has 5 heteroatoms. The van der Waals surface area contributed by atoms with Crippen molar-refractivity contribution in [2.24, 2.45) is 0 Å². The molecule has 0 bridgehead atoms. The summed E-state index contributed by atoms with van der Waals surface area (Å²) < 4.78 is 5.94. The molecule has 0 saturated carbocycles. The Labute approximate surface area is 153 Å². The number of hydrogen-bond acceptors (Lipinski definition) is 3. The molecule has 24 heavy (non-hydrogen) atoms. The van der Waals surface area contributed by atoms with Gasteiger partial charge in [0.1, 0.15) is 12.4 Å². The lowest BCUT2D eigenvalue weighted by molar-refractivity contribution is 0.282. The second-order valence-electron chi connectivity index (χ2n) is 5.59. The van der Waals surface area contributed by atoms with Gasteiger partial charge in [-0.2, -0.15) is 0 Å². The van der Waals surface area contributed by atoms with Crippen molar-refractivity contribution in [3.8, 4) is 5.75 Å². The van der Waals surface area contributed by atoms with E-state index in [0.29, 0.717) is 16.7 Å². The van der Waals surface area contributed by atoms with Crippen molar-refractivity contribution < 1.29 is 9.84 Å². The minimum Gasteiger partial charge on any atom is -0.489 e. The zero-order valence-corrected chi connectivity index (χ0v) is 15.1. The van der Waals surface area contributed by atoms with Crippen LogP contribution in [0.4, 0.5) is 0 Å². The zero-order chi connectivity index (χ0) is 17.2. The summed E-state index contributed by atoms with van der Waals surface area (Å²) in [6, 6.07) is 13.4. The molecule has 0 aliphatic carbocycles. The van der Waals surface area contributed by atoms with Gasteiger partial charge in [-0.05, 0) is 44.0 Å². The minimum atomic E-state index is 0.268. The summed E-state index contributed by atoms with van der Waals surface area (Å²) >= 11 is 12.1. The molecule has 0 unspecified atom stereocenters. The summed E-state index contributed by atoms with van der Waals surface area (Å²) in [5.41, 5.74) is 2.03. The summed E-state index contributed by atoms with van der Waals surface area (Å²) in [5.74, 6) is 0.853. The molecule has 0 fully saturated rings. The van der Waals surface area contributed by atoms with Crippen molar-refractivity contribution in [3.05, 3.63) is 63.6 Å². The molecule has 0 heterocycles. The Morgan fingerprint density at radius 2 is 1.79 bits per heavy atom. The molecule has 0 saturated heterocycles. The molecule has 0 aliphatic heterocycles. The molecule has 130 valence electrons.